The van der Waals surface area contributed by atoms with Crippen molar-refractivity contribution in [3.8, 4) is 0 Å². The van der Waals surface area contributed by atoms with Gasteiger partial charge in [0.2, 0.25) is 0 Å². The lowest BCUT2D eigenvalue weighted by atomic mass is 9.89. The van der Waals surface area contributed by atoms with Crippen LogP contribution in [0.25, 0.3) is 0 Å². The largest absolute Gasteiger partial charge is 0.468 e. The number of hydrogen-bond acceptors (Lipinski definition) is 3. The Morgan fingerprint density at radius 2 is 2.16 bits per heavy atom. The highest BCUT2D eigenvalue weighted by Crippen LogP contribution is 2.26. The molecule has 0 saturated carbocycles. The molecule has 0 amide bonds. The molecular weight excluding hydrogens is 238 g/mol. The monoisotopic (exact) mass is 261 g/mol. The molecule has 2 aromatic rings. The van der Waals surface area contributed by atoms with Gasteiger partial charge in [0, 0.05) is 23.2 Å². The molecule has 0 aliphatic heterocycles. The van der Waals surface area contributed by atoms with Crippen LogP contribution in [0.1, 0.15) is 50.8 Å². The Morgan fingerprint density at radius 3 is 2.74 bits per heavy atom. The fraction of sp³-hybridized carbons (Fsp3) is 0.533. The van der Waals surface area contributed by atoms with E-state index < -0.39 is 0 Å². The molecule has 2 aromatic heterocycles. The normalized spacial score (nSPS) is 14.0. The number of aromatic amines is 1. The van der Waals surface area contributed by atoms with Crippen LogP contribution in [-0.2, 0) is 12.0 Å². The molecular formula is C15H23N3O. The van der Waals surface area contributed by atoms with E-state index in [2.05, 4.69) is 49.8 Å². The van der Waals surface area contributed by atoms with Crippen molar-refractivity contribution >= 4 is 0 Å². The lowest BCUT2D eigenvalue weighted by molar-refractivity contribution is 0.222. The minimum atomic E-state index is 0.0839. The second-order valence-electron chi connectivity index (χ2n) is 6.13. The van der Waals surface area contributed by atoms with E-state index in [-0.39, 0.29) is 11.5 Å². The van der Waals surface area contributed by atoms with Crippen molar-refractivity contribution in [3.63, 3.8) is 0 Å². The van der Waals surface area contributed by atoms with Gasteiger partial charge >= 0.3 is 0 Å². The van der Waals surface area contributed by atoms with Gasteiger partial charge in [-0.25, -0.2) is 0 Å². The van der Waals surface area contributed by atoms with Crippen LogP contribution < -0.4 is 0 Å². The molecule has 19 heavy (non-hydrogen) atoms. The van der Waals surface area contributed by atoms with Crippen LogP contribution >= 0.6 is 0 Å². The Balaban J connectivity index is 2.11. The van der Waals surface area contributed by atoms with Crippen molar-refractivity contribution in [1.29, 1.82) is 0 Å². The van der Waals surface area contributed by atoms with Crippen LogP contribution in [0.2, 0.25) is 0 Å². The fourth-order valence-corrected chi connectivity index (χ4v) is 2.23. The Bertz CT molecular complexity index is 508. The molecule has 1 N–H and O–H groups in total. The highest BCUT2D eigenvalue weighted by Gasteiger charge is 2.22. The van der Waals surface area contributed by atoms with Crippen LogP contribution in [0.15, 0.2) is 29.0 Å². The topological polar surface area (TPSA) is 45.1 Å². The molecule has 0 radical (unpaired) electrons. The zero-order valence-corrected chi connectivity index (χ0v) is 12.4. The van der Waals surface area contributed by atoms with Crippen LogP contribution in [0.4, 0.5) is 0 Å². The van der Waals surface area contributed by atoms with Crippen LogP contribution in [0.3, 0.4) is 0 Å². The summed E-state index contributed by atoms with van der Waals surface area (Å²) < 4.78 is 5.47. The van der Waals surface area contributed by atoms with E-state index in [0.29, 0.717) is 0 Å². The van der Waals surface area contributed by atoms with E-state index in [1.165, 1.54) is 11.3 Å². The maximum Gasteiger partial charge on any atom is 0.120 e. The third kappa shape index (κ3) is 3.07. The van der Waals surface area contributed by atoms with Gasteiger partial charge in [-0.15, -0.1) is 0 Å². The summed E-state index contributed by atoms with van der Waals surface area (Å²) in [6.45, 7) is 9.58. The van der Waals surface area contributed by atoms with Gasteiger partial charge in [-0.05, 0) is 26.1 Å². The SMILES string of the molecule is CC(c1ccco1)N(C)Cc1cn[nH]c1C(C)(C)C. The van der Waals surface area contributed by atoms with Crippen LogP contribution in [-0.4, -0.2) is 22.1 Å². The number of nitrogens with one attached hydrogen (secondary N) is 1. The molecule has 0 spiro atoms. The molecule has 0 saturated heterocycles. The Kier molecular flexibility index (Phi) is 3.80. The summed E-state index contributed by atoms with van der Waals surface area (Å²) >= 11 is 0. The zero-order chi connectivity index (χ0) is 14.0. The van der Waals surface area contributed by atoms with Gasteiger partial charge in [0.1, 0.15) is 5.76 Å². The number of H-pyrrole nitrogens is 1. The molecule has 4 nitrogen and oxygen atoms in total. The van der Waals surface area contributed by atoms with E-state index in [0.717, 1.165) is 12.3 Å². The molecule has 2 rings (SSSR count). The highest BCUT2D eigenvalue weighted by atomic mass is 16.3. The summed E-state index contributed by atoms with van der Waals surface area (Å²) in [4.78, 5) is 2.26. The van der Waals surface area contributed by atoms with E-state index in [4.69, 9.17) is 4.42 Å². The summed E-state index contributed by atoms with van der Waals surface area (Å²) in [6, 6.07) is 4.19. The second kappa shape index (κ2) is 5.21. The predicted molar refractivity (Wildman–Crippen MR) is 75.9 cm³/mol. The molecule has 0 bridgehead atoms. The molecule has 0 fully saturated rings. The zero-order valence-electron chi connectivity index (χ0n) is 12.4. The summed E-state index contributed by atoms with van der Waals surface area (Å²) in [5, 5.41) is 7.31. The maximum absolute atomic E-state index is 5.47. The summed E-state index contributed by atoms with van der Waals surface area (Å²) in [7, 11) is 2.10. The fourth-order valence-electron chi connectivity index (χ4n) is 2.23. The minimum absolute atomic E-state index is 0.0839. The smallest absolute Gasteiger partial charge is 0.120 e. The molecule has 4 heteroatoms. The van der Waals surface area contributed by atoms with Crippen molar-refractivity contribution in [2.45, 2.75) is 45.7 Å². The highest BCUT2D eigenvalue weighted by molar-refractivity contribution is 5.23. The van der Waals surface area contributed by atoms with Gasteiger partial charge < -0.3 is 4.42 Å². The second-order valence-corrected chi connectivity index (χ2v) is 6.13. The molecule has 0 aromatic carbocycles. The quantitative estimate of drug-likeness (QED) is 0.916. The maximum atomic E-state index is 5.47. The lowest BCUT2D eigenvalue weighted by Crippen LogP contribution is -2.24. The number of nitrogens with zero attached hydrogens (tertiary/aromatic N) is 2. The number of aromatic nitrogens is 2. The molecule has 1 atom stereocenters. The number of rotatable bonds is 4. The minimum Gasteiger partial charge on any atom is -0.468 e. The van der Waals surface area contributed by atoms with Gasteiger partial charge in [-0.2, -0.15) is 5.10 Å². The first-order valence-corrected chi connectivity index (χ1v) is 6.66. The summed E-state index contributed by atoms with van der Waals surface area (Å²) in [5.41, 5.74) is 2.53. The van der Waals surface area contributed by atoms with Crippen molar-refractivity contribution < 1.29 is 4.42 Å². The number of hydrogen-bond donors (Lipinski definition) is 1. The molecule has 0 aliphatic rings. The van der Waals surface area contributed by atoms with Gasteiger partial charge in [0.05, 0.1) is 18.5 Å². The third-order valence-electron chi connectivity index (χ3n) is 3.50. The number of furan rings is 1. The van der Waals surface area contributed by atoms with Gasteiger partial charge in [0.15, 0.2) is 0 Å². The lowest BCUT2D eigenvalue weighted by Gasteiger charge is -2.25. The van der Waals surface area contributed by atoms with Crippen molar-refractivity contribution in [2.24, 2.45) is 0 Å². The first-order chi connectivity index (χ1) is 8.89. The van der Waals surface area contributed by atoms with E-state index >= 15 is 0 Å². The van der Waals surface area contributed by atoms with Crippen molar-refractivity contribution in [1.82, 2.24) is 15.1 Å². The van der Waals surface area contributed by atoms with Crippen LogP contribution in [0.5, 0.6) is 0 Å². The first-order valence-electron chi connectivity index (χ1n) is 6.66. The standard InChI is InChI=1S/C15H23N3O/c1-11(13-7-6-8-19-13)18(5)10-12-9-16-17-14(12)15(2,3)4/h6-9,11H,10H2,1-5H3,(H,16,17). The van der Waals surface area contributed by atoms with Gasteiger partial charge in [-0.1, -0.05) is 20.8 Å². The molecule has 1 unspecified atom stereocenters. The molecule has 0 aliphatic carbocycles. The molecule has 104 valence electrons. The average Bonchev–Trinajstić information content (AvgIpc) is 2.97. The van der Waals surface area contributed by atoms with E-state index in [1.807, 2.05) is 18.3 Å². The van der Waals surface area contributed by atoms with Crippen LogP contribution in [0, 0.1) is 0 Å². The Labute approximate surface area is 114 Å². The first kappa shape index (κ1) is 13.9. The van der Waals surface area contributed by atoms with Gasteiger partial charge in [-0.3, -0.25) is 10.00 Å². The summed E-state index contributed by atoms with van der Waals surface area (Å²) in [5.74, 6) is 0.989. The predicted octanol–water partition coefficient (Wildman–Crippen LogP) is 3.49. The Hall–Kier alpha value is -1.55. The van der Waals surface area contributed by atoms with Crippen molar-refractivity contribution in [3.05, 3.63) is 41.6 Å². The van der Waals surface area contributed by atoms with Gasteiger partial charge in [0.25, 0.3) is 0 Å². The summed E-state index contributed by atoms with van der Waals surface area (Å²) in [6.07, 6.45) is 3.64. The average molecular weight is 261 g/mol. The van der Waals surface area contributed by atoms with E-state index in [9.17, 15) is 0 Å². The Morgan fingerprint density at radius 1 is 1.42 bits per heavy atom. The molecule has 2 heterocycles. The third-order valence-corrected chi connectivity index (χ3v) is 3.50. The van der Waals surface area contributed by atoms with Crippen molar-refractivity contribution in [2.75, 3.05) is 7.05 Å². The van der Waals surface area contributed by atoms with E-state index in [1.54, 1.807) is 6.26 Å².